The summed E-state index contributed by atoms with van der Waals surface area (Å²) in [5, 5.41) is 12.9. The van der Waals surface area contributed by atoms with Crippen LogP contribution in [0.15, 0.2) is 71.3 Å². The van der Waals surface area contributed by atoms with E-state index in [2.05, 4.69) is 5.32 Å². The predicted octanol–water partition coefficient (Wildman–Crippen LogP) is 3.75. The van der Waals surface area contributed by atoms with Crippen LogP contribution in [0.1, 0.15) is 27.8 Å². The number of para-hydroxylation sites is 1. The highest BCUT2D eigenvalue weighted by molar-refractivity contribution is 6.01. The first-order chi connectivity index (χ1) is 11.7. The Morgan fingerprint density at radius 1 is 1.04 bits per heavy atom. The number of furan rings is 1. The molecule has 0 radical (unpaired) electrons. The van der Waals surface area contributed by atoms with Gasteiger partial charge >= 0.3 is 0 Å². The molecule has 5 nitrogen and oxygen atoms in total. The number of phenols is 1. The van der Waals surface area contributed by atoms with Crippen molar-refractivity contribution in [2.24, 2.45) is 0 Å². The monoisotopic (exact) mass is 320 g/mol. The first-order valence-electron chi connectivity index (χ1n) is 7.70. The van der Waals surface area contributed by atoms with Crippen LogP contribution in [0.5, 0.6) is 5.75 Å². The maximum Gasteiger partial charge on any atom is 0.258 e. The normalized spacial score (nSPS) is 16.6. The highest BCUT2D eigenvalue weighted by Gasteiger charge is 2.33. The number of rotatable bonds is 3. The van der Waals surface area contributed by atoms with Crippen molar-refractivity contribution < 1.29 is 14.3 Å². The van der Waals surface area contributed by atoms with E-state index < -0.39 is 0 Å². The number of fused-ring (bicyclic) bond motifs is 1. The van der Waals surface area contributed by atoms with E-state index in [4.69, 9.17) is 4.42 Å². The van der Waals surface area contributed by atoms with Crippen LogP contribution in [0.2, 0.25) is 0 Å². The van der Waals surface area contributed by atoms with Crippen LogP contribution in [0, 0.1) is 0 Å². The number of amides is 1. The smallest absolute Gasteiger partial charge is 0.258 e. The summed E-state index contributed by atoms with van der Waals surface area (Å²) in [6.07, 6.45) is 1.26. The van der Waals surface area contributed by atoms with E-state index in [0.717, 1.165) is 11.3 Å². The van der Waals surface area contributed by atoms with Crippen molar-refractivity contribution in [3.63, 3.8) is 0 Å². The lowest BCUT2D eigenvalue weighted by Crippen LogP contribution is -2.42. The zero-order valence-electron chi connectivity index (χ0n) is 12.8. The minimum absolute atomic E-state index is 0.0566. The molecule has 2 heterocycles. The minimum Gasteiger partial charge on any atom is -0.508 e. The number of hydrogen-bond donors (Lipinski definition) is 2. The van der Waals surface area contributed by atoms with Crippen molar-refractivity contribution in [1.29, 1.82) is 0 Å². The third-order valence-electron chi connectivity index (χ3n) is 4.14. The average Bonchev–Trinajstić information content (AvgIpc) is 3.11. The SMILES string of the molecule is O=C1c2ccccc2N[C@@H](c2ccc(O)cc2)N1Cc1ccco1. The summed E-state index contributed by atoms with van der Waals surface area (Å²) in [6.45, 7) is 0.360. The Labute approximate surface area is 139 Å². The molecule has 2 aromatic carbocycles. The van der Waals surface area contributed by atoms with Gasteiger partial charge in [-0.05, 0) is 42.0 Å². The fraction of sp³-hybridized carbons (Fsp3) is 0.105. The second-order valence-electron chi connectivity index (χ2n) is 5.70. The number of nitrogens with zero attached hydrogens (tertiary/aromatic N) is 1. The van der Waals surface area contributed by atoms with Gasteiger partial charge in [0.2, 0.25) is 0 Å². The molecule has 1 aromatic heterocycles. The first kappa shape index (κ1) is 14.4. The highest BCUT2D eigenvalue weighted by atomic mass is 16.3. The molecule has 2 N–H and O–H groups in total. The molecular weight excluding hydrogens is 304 g/mol. The van der Waals surface area contributed by atoms with Crippen molar-refractivity contribution >= 4 is 11.6 Å². The number of hydrogen-bond acceptors (Lipinski definition) is 4. The molecule has 0 saturated heterocycles. The largest absolute Gasteiger partial charge is 0.508 e. The average molecular weight is 320 g/mol. The predicted molar refractivity (Wildman–Crippen MR) is 89.5 cm³/mol. The van der Waals surface area contributed by atoms with Gasteiger partial charge < -0.3 is 19.7 Å². The van der Waals surface area contributed by atoms with Crippen molar-refractivity contribution in [3.8, 4) is 5.75 Å². The topological polar surface area (TPSA) is 65.7 Å². The summed E-state index contributed by atoms with van der Waals surface area (Å²) in [5.74, 6) is 0.853. The van der Waals surface area contributed by atoms with Crippen LogP contribution in [0.4, 0.5) is 5.69 Å². The number of carbonyl (C=O) groups is 1. The molecule has 0 saturated carbocycles. The van der Waals surface area contributed by atoms with E-state index in [1.165, 1.54) is 0 Å². The van der Waals surface area contributed by atoms with Crippen LogP contribution in [-0.4, -0.2) is 15.9 Å². The maximum atomic E-state index is 13.0. The lowest BCUT2D eigenvalue weighted by molar-refractivity contribution is 0.0651. The van der Waals surface area contributed by atoms with Crippen LogP contribution < -0.4 is 5.32 Å². The van der Waals surface area contributed by atoms with Gasteiger partial charge in [-0.3, -0.25) is 4.79 Å². The molecule has 5 heteroatoms. The first-order valence-corrected chi connectivity index (χ1v) is 7.70. The summed E-state index contributed by atoms with van der Waals surface area (Å²) in [7, 11) is 0. The van der Waals surface area contributed by atoms with Gasteiger partial charge in [0.25, 0.3) is 5.91 Å². The molecule has 1 aliphatic rings. The molecule has 3 aromatic rings. The van der Waals surface area contributed by atoms with E-state index in [0.29, 0.717) is 17.9 Å². The van der Waals surface area contributed by atoms with Crippen molar-refractivity contribution in [1.82, 2.24) is 4.90 Å². The van der Waals surface area contributed by atoms with Gasteiger partial charge in [0, 0.05) is 5.69 Å². The van der Waals surface area contributed by atoms with Gasteiger partial charge in [-0.25, -0.2) is 0 Å². The maximum absolute atomic E-state index is 13.0. The van der Waals surface area contributed by atoms with Gasteiger partial charge in [-0.1, -0.05) is 24.3 Å². The van der Waals surface area contributed by atoms with Gasteiger partial charge in [-0.15, -0.1) is 0 Å². The fourth-order valence-electron chi connectivity index (χ4n) is 2.95. The molecule has 0 bridgehead atoms. The molecular formula is C19H16N2O3. The number of aromatic hydroxyl groups is 1. The molecule has 120 valence electrons. The number of phenolic OH excluding ortho intramolecular Hbond substituents is 1. The summed E-state index contributed by atoms with van der Waals surface area (Å²) < 4.78 is 5.41. The lowest BCUT2D eigenvalue weighted by atomic mass is 10.0. The molecule has 1 aliphatic heterocycles. The second kappa shape index (κ2) is 5.77. The zero-order valence-corrected chi connectivity index (χ0v) is 12.8. The third kappa shape index (κ3) is 2.50. The van der Waals surface area contributed by atoms with Gasteiger partial charge in [0.05, 0.1) is 18.4 Å². The number of benzene rings is 2. The molecule has 0 spiro atoms. The minimum atomic E-state index is -0.335. The van der Waals surface area contributed by atoms with Gasteiger partial charge in [0.1, 0.15) is 17.7 Å². The molecule has 0 unspecified atom stereocenters. The Balaban J connectivity index is 1.76. The van der Waals surface area contributed by atoms with E-state index in [1.807, 2.05) is 42.5 Å². The summed E-state index contributed by atoms with van der Waals surface area (Å²) in [5.41, 5.74) is 2.33. The van der Waals surface area contributed by atoms with Crippen molar-refractivity contribution in [2.45, 2.75) is 12.7 Å². The zero-order chi connectivity index (χ0) is 16.5. The molecule has 24 heavy (non-hydrogen) atoms. The molecule has 4 rings (SSSR count). The Bertz CT molecular complexity index is 857. The standard InChI is InChI=1S/C19H16N2O3/c22-14-9-7-13(8-10-14)18-20-17-6-2-1-5-16(17)19(23)21(18)12-15-4-3-11-24-15/h1-11,18,20,22H,12H2/t18-/m1/s1. The van der Waals surface area contributed by atoms with E-state index in [9.17, 15) is 9.90 Å². The van der Waals surface area contributed by atoms with Crippen LogP contribution in [0.3, 0.4) is 0 Å². The lowest BCUT2D eigenvalue weighted by Gasteiger charge is -2.37. The van der Waals surface area contributed by atoms with E-state index >= 15 is 0 Å². The second-order valence-corrected chi connectivity index (χ2v) is 5.70. The Morgan fingerprint density at radius 3 is 2.58 bits per heavy atom. The Hall–Kier alpha value is -3.21. The number of carbonyl (C=O) groups excluding carboxylic acids is 1. The Morgan fingerprint density at radius 2 is 1.83 bits per heavy atom. The Kier molecular flexibility index (Phi) is 3.46. The van der Waals surface area contributed by atoms with Gasteiger partial charge in [-0.2, -0.15) is 0 Å². The highest BCUT2D eigenvalue weighted by Crippen LogP contribution is 2.34. The van der Waals surface area contributed by atoms with E-state index in [-0.39, 0.29) is 17.8 Å². The van der Waals surface area contributed by atoms with Crippen LogP contribution in [-0.2, 0) is 6.54 Å². The fourth-order valence-corrected chi connectivity index (χ4v) is 2.95. The van der Waals surface area contributed by atoms with Crippen molar-refractivity contribution in [2.75, 3.05) is 5.32 Å². The summed E-state index contributed by atoms with van der Waals surface area (Å²) in [6, 6.07) is 18.0. The number of nitrogens with one attached hydrogen (secondary N) is 1. The summed E-state index contributed by atoms with van der Waals surface area (Å²) >= 11 is 0. The van der Waals surface area contributed by atoms with Crippen LogP contribution >= 0.6 is 0 Å². The van der Waals surface area contributed by atoms with Gasteiger partial charge in [0.15, 0.2) is 0 Å². The molecule has 1 amide bonds. The molecule has 1 atom stereocenters. The molecule has 0 aliphatic carbocycles. The third-order valence-corrected chi connectivity index (χ3v) is 4.14. The van der Waals surface area contributed by atoms with Crippen LogP contribution in [0.25, 0.3) is 0 Å². The van der Waals surface area contributed by atoms with E-state index in [1.54, 1.807) is 29.4 Å². The molecule has 0 fully saturated rings. The summed E-state index contributed by atoms with van der Waals surface area (Å²) in [4.78, 5) is 14.7. The quantitative estimate of drug-likeness (QED) is 0.771. The van der Waals surface area contributed by atoms with Crippen molar-refractivity contribution in [3.05, 3.63) is 83.8 Å². The number of anilines is 1.